The van der Waals surface area contributed by atoms with Gasteiger partial charge in [-0.1, -0.05) is 24.3 Å². The van der Waals surface area contributed by atoms with Gasteiger partial charge in [-0.15, -0.1) is 0 Å². The van der Waals surface area contributed by atoms with Crippen LogP contribution in [0.1, 0.15) is 25.7 Å². The minimum atomic E-state index is 0. The van der Waals surface area contributed by atoms with Gasteiger partial charge in [0.15, 0.2) is 0 Å². The van der Waals surface area contributed by atoms with Crippen LogP contribution in [0.25, 0.3) is 0 Å². The van der Waals surface area contributed by atoms with E-state index in [1.165, 1.54) is 31.8 Å². The zero-order chi connectivity index (χ0) is 8.36. The Morgan fingerprint density at radius 1 is 0.917 bits per heavy atom. The molecule has 0 bridgehead atoms. The van der Waals surface area contributed by atoms with Crippen LogP contribution in [-0.4, -0.2) is 0 Å². The molecule has 72 valence electrons. The molecule has 0 nitrogen and oxygen atoms in total. The van der Waals surface area contributed by atoms with E-state index in [4.69, 9.17) is 0 Å². The van der Waals surface area contributed by atoms with E-state index in [-0.39, 0.29) is 20.4 Å². The molecule has 0 N–H and O–H groups in total. The maximum atomic E-state index is 3.25. The molecule has 0 saturated carbocycles. The van der Waals surface area contributed by atoms with Crippen molar-refractivity contribution in [3.63, 3.8) is 0 Å². The third kappa shape index (κ3) is 12.4. The van der Waals surface area contributed by atoms with Gasteiger partial charge in [-0.25, -0.2) is 19.6 Å². The van der Waals surface area contributed by atoms with Crippen molar-refractivity contribution in [2.24, 2.45) is 0 Å². The Labute approximate surface area is 90.1 Å². The van der Waals surface area contributed by atoms with Crippen LogP contribution < -0.4 is 0 Å². The molecule has 0 aromatic carbocycles. The van der Waals surface area contributed by atoms with Crippen LogP contribution in [0.2, 0.25) is 0 Å². The van der Waals surface area contributed by atoms with Gasteiger partial charge >= 0.3 is 0 Å². The molecule has 1 aliphatic rings. The van der Waals surface area contributed by atoms with E-state index in [0.717, 1.165) is 0 Å². The largest absolute Gasteiger partial charge is 0.245 e. The smallest absolute Gasteiger partial charge is 0 e. The molecule has 1 heteroatoms. The van der Waals surface area contributed by atoms with Gasteiger partial charge in [-0.2, -0.15) is 0 Å². The van der Waals surface area contributed by atoms with Gasteiger partial charge in [-0.05, 0) is 25.7 Å². The van der Waals surface area contributed by atoms with E-state index in [9.17, 15) is 0 Å². The fourth-order valence-electron chi connectivity index (χ4n) is 0.856. The van der Waals surface area contributed by atoms with Crippen molar-refractivity contribution in [1.82, 2.24) is 0 Å². The van der Waals surface area contributed by atoms with E-state index >= 15 is 0 Å². The molecule has 1 aliphatic carbocycles. The van der Waals surface area contributed by atoms with Crippen LogP contribution in [0.15, 0.2) is 37.0 Å². The quantitative estimate of drug-likeness (QED) is 0.352. The van der Waals surface area contributed by atoms with Crippen molar-refractivity contribution in [2.45, 2.75) is 25.7 Å². The van der Waals surface area contributed by atoms with Gasteiger partial charge in [0.1, 0.15) is 0 Å². The van der Waals surface area contributed by atoms with Crippen LogP contribution in [0, 0.1) is 6.92 Å². The second kappa shape index (κ2) is 13.3. The summed E-state index contributed by atoms with van der Waals surface area (Å²) in [5, 5.41) is 0. The van der Waals surface area contributed by atoms with Crippen molar-refractivity contribution in [1.29, 1.82) is 0 Å². The average Bonchev–Trinajstić information content (AvgIpc) is 1.86. The van der Waals surface area contributed by atoms with Crippen molar-refractivity contribution >= 4 is 0 Å². The zero-order valence-electron chi connectivity index (χ0n) is 7.45. The fourth-order valence-corrected chi connectivity index (χ4v) is 0.856. The molecule has 0 aliphatic heterocycles. The molecule has 0 amide bonds. The summed E-state index contributed by atoms with van der Waals surface area (Å²) < 4.78 is 0. The molecule has 0 aromatic heterocycles. The first kappa shape index (κ1) is 14.3. The molecule has 1 rings (SSSR count). The van der Waals surface area contributed by atoms with Crippen molar-refractivity contribution in [3.05, 3.63) is 43.9 Å². The first-order valence-corrected chi connectivity index (χ1v) is 4.12. The first-order chi connectivity index (χ1) is 5.41. The third-order valence-electron chi connectivity index (χ3n) is 1.33. The van der Waals surface area contributed by atoms with Gasteiger partial charge < -0.3 is 0 Å². The second-order valence-electron chi connectivity index (χ2n) is 2.39. The van der Waals surface area contributed by atoms with E-state index in [1.54, 1.807) is 0 Å². The van der Waals surface area contributed by atoms with Gasteiger partial charge in [-0.3, -0.25) is 0 Å². The normalized spacial score (nSPS) is 17.0. The van der Waals surface area contributed by atoms with Gasteiger partial charge in [0.2, 0.25) is 0 Å². The number of hydrogen-bond donors (Lipinski definition) is 0. The first-order valence-electron chi connectivity index (χ1n) is 4.12. The van der Waals surface area contributed by atoms with Crippen LogP contribution in [0.4, 0.5) is 0 Å². The molecule has 0 spiro atoms. The molecular formula is C11H17Pd-. The molecule has 0 atom stereocenters. The fraction of sp³-hybridized carbons (Fsp3) is 0.364. The number of hydrogen-bond acceptors (Lipinski definition) is 0. The molecule has 0 fully saturated rings. The Morgan fingerprint density at radius 3 is 1.25 bits per heavy atom. The molecule has 0 radical (unpaired) electrons. The SMILES string of the molecule is C1=CCC/C=C\CC1.C=C[CH2-].[Pd]. The van der Waals surface area contributed by atoms with E-state index in [0.29, 0.717) is 0 Å². The summed E-state index contributed by atoms with van der Waals surface area (Å²) in [5.74, 6) is 0. The molecular weight excluding hydrogens is 239 g/mol. The summed E-state index contributed by atoms with van der Waals surface area (Å²) in [6, 6.07) is 0. The Bertz CT molecular complexity index is 108. The van der Waals surface area contributed by atoms with Crippen molar-refractivity contribution in [2.75, 3.05) is 0 Å². The Kier molecular flexibility index (Phi) is 15.9. The molecule has 0 unspecified atom stereocenters. The average molecular weight is 256 g/mol. The minimum absolute atomic E-state index is 0. The number of rotatable bonds is 0. The predicted octanol–water partition coefficient (Wildman–Crippen LogP) is 3.68. The summed E-state index contributed by atoms with van der Waals surface area (Å²) in [6.07, 6.45) is 15.5. The molecule has 0 saturated heterocycles. The Balaban J connectivity index is 0. The standard InChI is InChI=1S/C8H12.C3H5.Pd/c1-2-4-6-8-7-5-3-1;1-3-2;/h1-2,7-8H,3-6H2;3H,1-2H2;/q;-1;/b2-1-,8-7?;;. The third-order valence-corrected chi connectivity index (χ3v) is 1.33. The Morgan fingerprint density at radius 2 is 1.08 bits per heavy atom. The van der Waals surface area contributed by atoms with Crippen LogP contribution >= 0.6 is 0 Å². The predicted molar refractivity (Wildman–Crippen MR) is 52.3 cm³/mol. The summed E-state index contributed by atoms with van der Waals surface area (Å²) in [5.41, 5.74) is 0. The summed E-state index contributed by atoms with van der Waals surface area (Å²) in [6.45, 7) is 6.50. The molecule has 0 aromatic rings. The maximum absolute atomic E-state index is 3.25. The van der Waals surface area contributed by atoms with Gasteiger partial charge in [0.05, 0.1) is 0 Å². The van der Waals surface area contributed by atoms with Crippen molar-refractivity contribution in [3.8, 4) is 0 Å². The van der Waals surface area contributed by atoms with Crippen molar-refractivity contribution < 1.29 is 20.4 Å². The second-order valence-corrected chi connectivity index (χ2v) is 2.39. The van der Waals surface area contributed by atoms with Gasteiger partial charge in [0.25, 0.3) is 0 Å². The molecule has 12 heavy (non-hydrogen) atoms. The van der Waals surface area contributed by atoms with Crippen LogP contribution in [0.5, 0.6) is 0 Å². The topological polar surface area (TPSA) is 0 Å². The zero-order valence-corrected chi connectivity index (χ0v) is 9.00. The number of allylic oxidation sites excluding steroid dienone is 5. The van der Waals surface area contributed by atoms with Gasteiger partial charge in [0, 0.05) is 20.4 Å². The van der Waals surface area contributed by atoms with Crippen LogP contribution in [0.3, 0.4) is 0 Å². The summed E-state index contributed by atoms with van der Waals surface area (Å²) in [7, 11) is 0. The Hall–Kier alpha value is -0.248. The monoisotopic (exact) mass is 255 g/mol. The van der Waals surface area contributed by atoms with E-state index in [2.05, 4.69) is 37.8 Å². The van der Waals surface area contributed by atoms with Crippen LogP contribution in [-0.2, 0) is 20.4 Å². The molecule has 0 heterocycles. The minimum Gasteiger partial charge on any atom is -0.245 e. The van der Waals surface area contributed by atoms with E-state index in [1.807, 2.05) is 0 Å². The van der Waals surface area contributed by atoms with E-state index < -0.39 is 0 Å². The summed E-state index contributed by atoms with van der Waals surface area (Å²) in [4.78, 5) is 0. The maximum Gasteiger partial charge on any atom is 0 e. The summed E-state index contributed by atoms with van der Waals surface area (Å²) >= 11 is 0.